The molecule has 3 nitrogen and oxygen atoms in total. The van der Waals surface area contributed by atoms with Crippen molar-refractivity contribution in [2.75, 3.05) is 7.05 Å². The van der Waals surface area contributed by atoms with Crippen molar-refractivity contribution in [3.05, 3.63) is 12.3 Å². The van der Waals surface area contributed by atoms with Crippen molar-refractivity contribution >= 4 is 0 Å². The molecule has 0 unspecified atom stereocenters. The lowest BCUT2D eigenvalue weighted by atomic mass is 10.2. The lowest BCUT2D eigenvalue weighted by Crippen LogP contribution is -2.18. The van der Waals surface area contributed by atoms with E-state index < -0.39 is 0 Å². The second-order valence-electron chi connectivity index (χ2n) is 3.35. The van der Waals surface area contributed by atoms with Gasteiger partial charge in [0.15, 0.2) is 0 Å². The Balaban J connectivity index is 4.13. The van der Waals surface area contributed by atoms with Gasteiger partial charge in [-0.3, -0.25) is 5.01 Å². The van der Waals surface area contributed by atoms with Crippen LogP contribution in [0.4, 0.5) is 0 Å². The summed E-state index contributed by atoms with van der Waals surface area (Å²) in [5.41, 5.74) is 0. The molecule has 0 aliphatic rings. The molecule has 0 saturated carbocycles. The topological polar surface area (TPSA) is 28.0 Å². The van der Waals surface area contributed by atoms with Crippen molar-refractivity contribution in [3.63, 3.8) is 0 Å². The summed E-state index contributed by atoms with van der Waals surface area (Å²) in [4.78, 5) is 0. The first kappa shape index (κ1) is 11.1. The van der Waals surface area contributed by atoms with Gasteiger partial charge < -0.3 is 0 Å². The van der Waals surface area contributed by atoms with Crippen LogP contribution in [0, 0.1) is 5.92 Å². The van der Waals surface area contributed by atoms with E-state index in [4.69, 9.17) is 0 Å². The molecule has 0 N–H and O–H groups in total. The third kappa shape index (κ3) is 4.88. The van der Waals surface area contributed by atoms with Gasteiger partial charge in [0, 0.05) is 12.2 Å². The van der Waals surface area contributed by atoms with Crippen LogP contribution >= 0.6 is 0 Å². The molecular weight excluding hydrogens is 150 g/mol. The quantitative estimate of drug-likeness (QED) is 0.470. The Bertz CT molecular complexity index is 159. The fourth-order valence-corrected chi connectivity index (χ4v) is 0.669. The molecule has 0 aliphatic heterocycles. The molecule has 0 saturated heterocycles. The molecular formula is C9H19N3. The highest BCUT2D eigenvalue weighted by atomic mass is 15.5. The third-order valence-corrected chi connectivity index (χ3v) is 1.35. The monoisotopic (exact) mass is 169 g/mol. The Labute approximate surface area is 75.1 Å². The minimum absolute atomic E-state index is 0.365. The molecule has 0 spiro atoms. The number of nitrogens with zero attached hydrogens (tertiary/aromatic N) is 3. The van der Waals surface area contributed by atoms with E-state index in [1.165, 1.54) is 0 Å². The summed E-state index contributed by atoms with van der Waals surface area (Å²) in [5.74, 6) is 0.554. The average Bonchev–Trinajstić information content (AvgIpc) is 1.96. The van der Waals surface area contributed by atoms with Crippen LogP contribution in [0.15, 0.2) is 22.6 Å². The predicted octanol–water partition coefficient (Wildman–Crippen LogP) is 2.86. The molecule has 0 bridgehead atoms. The van der Waals surface area contributed by atoms with Crippen LogP contribution in [0.5, 0.6) is 0 Å². The molecule has 0 fully saturated rings. The van der Waals surface area contributed by atoms with E-state index in [9.17, 15) is 0 Å². The number of allylic oxidation sites excluding steroid dienone is 1. The van der Waals surface area contributed by atoms with Crippen LogP contribution in [-0.2, 0) is 0 Å². The van der Waals surface area contributed by atoms with Gasteiger partial charge in [0.2, 0.25) is 0 Å². The zero-order valence-electron chi connectivity index (χ0n) is 8.65. The van der Waals surface area contributed by atoms with E-state index in [0.29, 0.717) is 12.0 Å². The molecule has 0 aliphatic carbocycles. The number of hydrogen-bond acceptors (Lipinski definition) is 2. The standard InChI is InChI=1S/C9H19N3/c1-8(2)6-7-12(9(3)4)11-10-5/h6-9H,1-5H3/b7-6+,11-10-. The molecule has 0 aromatic carbocycles. The van der Waals surface area contributed by atoms with Crippen LogP contribution in [0.3, 0.4) is 0 Å². The molecule has 3 heteroatoms. The normalized spacial score (nSPS) is 12.6. The van der Waals surface area contributed by atoms with Gasteiger partial charge in [-0.1, -0.05) is 25.1 Å². The minimum Gasteiger partial charge on any atom is -0.252 e. The molecule has 0 aromatic rings. The predicted molar refractivity (Wildman–Crippen MR) is 51.7 cm³/mol. The fourth-order valence-electron chi connectivity index (χ4n) is 0.669. The van der Waals surface area contributed by atoms with Gasteiger partial charge in [-0.2, -0.15) is 5.11 Å². The Kier molecular flexibility index (Phi) is 5.34. The molecule has 0 aromatic heterocycles. The fraction of sp³-hybridized carbons (Fsp3) is 0.778. The molecule has 0 radical (unpaired) electrons. The first-order valence-corrected chi connectivity index (χ1v) is 4.34. The van der Waals surface area contributed by atoms with E-state index in [1.807, 2.05) is 11.2 Å². The van der Waals surface area contributed by atoms with Gasteiger partial charge in [0.25, 0.3) is 0 Å². The summed E-state index contributed by atoms with van der Waals surface area (Å²) in [5, 5.41) is 9.55. The van der Waals surface area contributed by atoms with Gasteiger partial charge >= 0.3 is 0 Å². The van der Waals surface area contributed by atoms with Crippen LogP contribution in [-0.4, -0.2) is 18.1 Å². The van der Waals surface area contributed by atoms with E-state index in [2.05, 4.69) is 44.1 Å². The van der Waals surface area contributed by atoms with Crippen molar-refractivity contribution in [1.29, 1.82) is 0 Å². The first-order chi connectivity index (χ1) is 5.57. The highest BCUT2D eigenvalue weighted by molar-refractivity contribution is 4.84. The maximum atomic E-state index is 3.97. The smallest absolute Gasteiger partial charge is 0.0509 e. The SMILES string of the molecule is C/N=N\N(/C=C/C(C)C)C(C)C. The van der Waals surface area contributed by atoms with Gasteiger partial charge in [0.1, 0.15) is 0 Å². The van der Waals surface area contributed by atoms with E-state index in [1.54, 1.807) is 7.05 Å². The summed E-state index contributed by atoms with van der Waals surface area (Å²) in [7, 11) is 1.68. The Morgan fingerprint density at radius 2 is 1.75 bits per heavy atom. The van der Waals surface area contributed by atoms with Gasteiger partial charge in [-0.25, -0.2) is 0 Å². The second-order valence-corrected chi connectivity index (χ2v) is 3.35. The molecule has 0 rings (SSSR count). The van der Waals surface area contributed by atoms with Crippen molar-refractivity contribution in [1.82, 2.24) is 5.01 Å². The molecule has 0 atom stereocenters. The molecule has 0 heterocycles. The number of rotatable bonds is 4. The average molecular weight is 169 g/mol. The largest absolute Gasteiger partial charge is 0.252 e. The summed E-state index contributed by atoms with van der Waals surface area (Å²) in [6.07, 6.45) is 4.08. The Morgan fingerprint density at radius 3 is 2.08 bits per heavy atom. The Hall–Kier alpha value is -0.860. The zero-order chi connectivity index (χ0) is 9.56. The van der Waals surface area contributed by atoms with Gasteiger partial charge in [-0.15, -0.1) is 0 Å². The van der Waals surface area contributed by atoms with Crippen molar-refractivity contribution in [2.45, 2.75) is 33.7 Å². The summed E-state index contributed by atoms with van der Waals surface area (Å²) in [6, 6.07) is 0.365. The van der Waals surface area contributed by atoms with Crippen LogP contribution < -0.4 is 0 Å². The van der Waals surface area contributed by atoms with E-state index in [0.717, 1.165) is 0 Å². The van der Waals surface area contributed by atoms with Crippen LogP contribution in [0.25, 0.3) is 0 Å². The maximum absolute atomic E-state index is 3.97. The maximum Gasteiger partial charge on any atom is 0.0509 e. The van der Waals surface area contributed by atoms with Gasteiger partial charge in [0.05, 0.1) is 7.05 Å². The van der Waals surface area contributed by atoms with Gasteiger partial charge in [-0.05, 0) is 19.8 Å². The lowest BCUT2D eigenvalue weighted by Gasteiger charge is -2.16. The minimum atomic E-state index is 0.365. The lowest BCUT2D eigenvalue weighted by molar-refractivity contribution is 0.304. The van der Waals surface area contributed by atoms with Crippen molar-refractivity contribution in [2.24, 2.45) is 16.3 Å². The second kappa shape index (κ2) is 5.75. The summed E-state index contributed by atoms with van der Waals surface area (Å²) in [6.45, 7) is 8.44. The highest BCUT2D eigenvalue weighted by Crippen LogP contribution is 2.03. The first-order valence-electron chi connectivity index (χ1n) is 4.34. The van der Waals surface area contributed by atoms with Crippen LogP contribution in [0.1, 0.15) is 27.7 Å². The van der Waals surface area contributed by atoms with Crippen LogP contribution in [0.2, 0.25) is 0 Å². The Morgan fingerprint density at radius 1 is 1.17 bits per heavy atom. The molecule has 0 amide bonds. The third-order valence-electron chi connectivity index (χ3n) is 1.35. The summed E-state index contributed by atoms with van der Waals surface area (Å²) >= 11 is 0. The van der Waals surface area contributed by atoms with Crippen molar-refractivity contribution in [3.8, 4) is 0 Å². The number of hydrogen-bond donors (Lipinski definition) is 0. The van der Waals surface area contributed by atoms with E-state index in [-0.39, 0.29) is 0 Å². The zero-order valence-corrected chi connectivity index (χ0v) is 8.65. The highest BCUT2D eigenvalue weighted by Gasteiger charge is 2.00. The molecule has 70 valence electrons. The molecule has 12 heavy (non-hydrogen) atoms. The summed E-state index contributed by atoms with van der Waals surface area (Å²) < 4.78 is 0. The van der Waals surface area contributed by atoms with E-state index >= 15 is 0 Å². The van der Waals surface area contributed by atoms with Crippen molar-refractivity contribution < 1.29 is 0 Å².